The molecule has 0 unspecified atom stereocenters. The molecular formula is C23H26FN7O. The summed E-state index contributed by atoms with van der Waals surface area (Å²) in [5, 5.41) is 3.16. The van der Waals surface area contributed by atoms with Gasteiger partial charge in [-0.1, -0.05) is 37.6 Å². The number of nitrogens with two attached hydrogens (primary N) is 1. The highest BCUT2D eigenvalue weighted by Gasteiger charge is 2.19. The van der Waals surface area contributed by atoms with Crippen LogP contribution in [0.2, 0.25) is 0 Å². The first-order valence-electron chi connectivity index (χ1n) is 10.6. The summed E-state index contributed by atoms with van der Waals surface area (Å²) in [6, 6.07) is 9.80. The lowest BCUT2D eigenvalue weighted by Crippen LogP contribution is -2.08. The molecular weight excluding hydrogens is 409 g/mol. The predicted molar refractivity (Wildman–Crippen MR) is 122 cm³/mol. The quantitative estimate of drug-likeness (QED) is 0.388. The van der Waals surface area contributed by atoms with Gasteiger partial charge in [0.15, 0.2) is 17.0 Å². The molecule has 3 N–H and O–H groups in total. The molecule has 0 amide bonds. The Kier molecular flexibility index (Phi) is 6.55. The van der Waals surface area contributed by atoms with E-state index in [1.807, 2.05) is 23.7 Å². The van der Waals surface area contributed by atoms with E-state index < -0.39 is 5.82 Å². The number of nitrogen functional groups attached to an aromatic ring is 1. The molecule has 0 radical (unpaired) electrons. The van der Waals surface area contributed by atoms with Gasteiger partial charge < -0.3 is 20.4 Å². The number of rotatable bonds is 9. The van der Waals surface area contributed by atoms with Crippen LogP contribution in [0, 0.1) is 5.82 Å². The van der Waals surface area contributed by atoms with E-state index in [1.165, 1.54) is 6.07 Å². The Hall–Kier alpha value is -3.59. The summed E-state index contributed by atoms with van der Waals surface area (Å²) < 4.78 is 21.5. The minimum Gasteiger partial charge on any atom is -0.463 e. The first-order chi connectivity index (χ1) is 15.6. The average Bonchev–Trinajstić information content (AvgIpc) is 3.13. The Labute approximate surface area is 185 Å². The second-order valence-corrected chi connectivity index (χ2v) is 7.53. The highest BCUT2D eigenvalue weighted by molar-refractivity contribution is 5.85. The van der Waals surface area contributed by atoms with Gasteiger partial charge in [0, 0.05) is 18.3 Å². The van der Waals surface area contributed by atoms with E-state index in [4.69, 9.17) is 10.5 Å². The third kappa shape index (κ3) is 4.67. The molecule has 0 fully saturated rings. The number of aromatic nitrogens is 5. The van der Waals surface area contributed by atoms with Gasteiger partial charge in [0.1, 0.15) is 11.6 Å². The Balaban J connectivity index is 1.84. The normalized spacial score (nSPS) is 11.2. The van der Waals surface area contributed by atoms with Gasteiger partial charge in [0.05, 0.1) is 19.3 Å². The number of benzene rings is 1. The van der Waals surface area contributed by atoms with Crippen LogP contribution in [0.25, 0.3) is 22.6 Å². The zero-order valence-electron chi connectivity index (χ0n) is 18.2. The fourth-order valence-corrected chi connectivity index (χ4v) is 3.50. The van der Waals surface area contributed by atoms with Gasteiger partial charge in [-0.05, 0) is 30.7 Å². The van der Waals surface area contributed by atoms with Crippen molar-refractivity contribution in [3.05, 3.63) is 59.7 Å². The van der Waals surface area contributed by atoms with Crippen LogP contribution < -0.4 is 15.8 Å². The van der Waals surface area contributed by atoms with Crippen molar-refractivity contribution in [3.8, 4) is 17.4 Å². The van der Waals surface area contributed by atoms with Crippen molar-refractivity contribution in [3.63, 3.8) is 0 Å². The van der Waals surface area contributed by atoms with Gasteiger partial charge in [-0.3, -0.25) is 4.98 Å². The lowest BCUT2D eigenvalue weighted by atomic mass is 10.1. The Morgan fingerprint density at radius 3 is 2.75 bits per heavy atom. The van der Waals surface area contributed by atoms with Gasteiger partial charge in [0.25, 0.3) is 0 Å². The molecule has 3 heterocycles. The third-order valence-electron chi connectivity index (χ3n) is 5.01. The number of anilines is 1. The Morgan fingerprint density at radius 2 is 1.97 bits per heavy atom. The highest BCUT2D eigenvalue weighted by atomic mass is 19.1. The molecule has 3 aromatic heterocycles. The van der Waals surface area contributed by atoms with Crippen LogP contribution in [-0.2, 0) is 13.1 Å². The molecule has 166 valence electrons. The molecule has 0 aliphatic carbocycles. The zero-order valence-corrected chi connectivity index (χ0v) is 18.2. The minimum atomic E-state index is -0.445. The van der Waals surface area contributed by atoms with E-state index in [-0.39, 0.29) is 11.8 Å². The van der Waals surface area contributed by atoms with Gasteiger partial charge >= 0.3 is 6.01 Å². The molecule has 0 saturated heterocycles. The molecule has 0 saturated carbocycles. The van der Waals surface area contributed by atoms with E-state index in [0.717, 1.165) is 36.7 Å². The van der Waals surface area contributed by atoms with E-state index in [2.05, 4.69) is 44.3 Å². The molecule has 32 heavy (non-hydrogen) atoms. The summed E-state index contributed by atoms with van der Waals surface area (Å²) in [5.74, 6) is 0.285. The Bertz CT molecular complexity index is 1220. The number of nitrogens with zero attached hydrogens (tertiary/aromatic N) is 5. The van der Waals surface area contributed by atoms with Crippen LogP contribution in [0.1, 0.15) is 30.9 Å². The fraction of sp³-hybridized carbons (Fsp3) is 0.304. The first kappa shape index (κ1) is 21.6. The number of pyridine rings is 1. The number of hydrogen-bond acceptors (Lipinski definition) is 7. The molecule has 4 rings (SSSR count). The summed E-state index contributed by atoms with van der Waals surface area (Å²) in [6.07, 6.45) is 4.61. The smallest absolute Gasteiger partial charge is 0.320 e. The number of imidazole rings is 1. The number of unbranched alkanes of at least 4 members (excludes halogenated alkanes) is 1. The van der Waals surface area contributed by atoms with Gasteiger partial charge in [-0.15, -0.1) is 0 Å². The topological polar surface area (TPSA) is 104 Å². The van der Waals surface area contributed by atoms with Gasteiger partial charge in [0.2, 0.25) is 0 Å². The molecule has 8 nitrogen and oxygen atoms in total. The second kappa shape index (κ2) is 9.69. The van der Waals surface area contributed by atoms with Crippen molar-refractivity contribution in [2.75, 3.05) is 19.4 Å². The number of halogens is 1. The molecule has 0 atom stereocenters. The van der Waals surface area contributed by atoms with E-state index in [9.17, 15) is 4.39 Å². The average molecular weight is 436 g/mol. The molecule has 0 aliphatic rings. The summed E-state index contributed by atoms with van der Waals surface area (Å²) in [5.41, 5.74) is 9.91. The lowest BCUT2D eigenvalue weighted by Gasteiger charge is -2.11. The van der Waals surface area contributed by atoms with Crippen molar-refractivity contribution >= 4 is 17.0 Å². The van der Waals surface area contributed by atoms with Crippen molar-refractivity contribution < 1.29 is 9.13 Å². The zero-order chi connectivity index (χ0) is 22.5. The molecule has 0 aliphatic heterocycles. The number of fused-ring (bicyclic) bond motifs is 1. The summed E-state index contributed by atoms with van der Waals surface area (Å²) in [4.78, 5) is 17.5. The summed E-state index contributed by atoms with van der Waals surface area (Å²) >= 11 is 0. The molecule has 4 aromatic rings. The Morgan fingerprint density at radius 1 is 1.12 bits per heavy atom. The summed E-state index contributed by atoms with van der Waals surface area (Å²) in [6.45, 7) is 3.80. The molecule has 9 heteroatoms. The van der Waals surface area contributed by atoms with E-state index >= 15 is 0 Å². The van der Waals surface area contributed by atoms with Crippen LogP contribution in [0.15, 0.2) is 42.7 Å². The predicted octanol–water partition coefficient (Wildman–Crippen LogP) is 3.56. The van der Waals surface area contributed by atoms with Gasteiger partial charge in [-0.25, -0.2) is 9.37 Å². The monoisotopic (exact) mass is 435 g/mol. The standard InChI is InChI=1S/C23H26FN7O/c1-3-4-8-32-23-29-20(25)19-22(30-23)31(14-16-7-5-6-15(9-16)11-26-2)21(28-19)17-10-18(24)13-27-12-17/h5-7,9-10,12-13,26H,3-4,8,11,14H2,1-2H3,(H2,25,29,30). The van der Waals surface area contributed by atoms with Gasteiger partial charge in [-0.2, -0.15) is 9.97 Å². The number of nitrogens with one attached hydrogen (secondary N) is 1. The number of ether oxygens (including phenoxy) is 1. The van der Waals surface area contributed by atoms with Crippen LogP contribution in [-0.4, -0.2) is 38.2 Å². The highest BCUT2D eigenvalue weighted by Crippen LogP contribution is 2.28. The maximum atomic E-state index is 13.9. The summed E-state index contributed by atoms with van der Waals surface area (Å²) in [7, 11) is 1.91. The van der Waals surface area contributed by atoms with Crippen LogP contribution in [0.3, 0.4) is 0 Å². The van der Waals surface area contributed by atoms with Crippen LogP contribution in [0.5, 0.6) is 6.01 Å². The second-order valence-electron chi connectivity index (χ2n) is 7.53. The maximum Gasteiger partial charge on any atom is 0.320 e. The molecule has 0 spiro atoms. The largest absolute Gasteiger partial charge is 0.463 e. The third-order valence-corrected chi connectivity index (χ3v) is 5.01. The van der Waals surface area contributed by atoms with Crippen molar-refractivity contribution in [2.24, 2.45) is 0 Å². The maximum absolute atomic E-state index is 13.9. The first-order valence-corrected chi connectivity index (χ1v) is 10.6. The van der Waals surface area contributed by atoms with Crippen molar-refractivity contribution in [1.29, 1.82) is 0 Å². The van der Waals surface area contributed by atoms with E-state index in [1.54, 1.807) is 6.20 Å². The van der Waals surface area contributed by atoms with Crippen LogP contribution in [0.4, 0.5) is 10.2 Å². The van der Waals surface area contributed by atoms with E-state index in [0.29, 0.717) is 35.7 Å². The van der Waals surface area contributed by atoms with Crippen molar-refractivity contribution in [2.45, 2.75) is 32.9 Å². The fourth-order valence-electron chi connectivity index (χ4n) is 3.50. The number of hydrogen-bond donors (Lipinski definition) is 2. The SMILES string of the molecule is CCCCOc1nc(N)c2nc(-c3cncc(F)c3)n(Cc3cccc(CNC)c3)c2n1. The molecule has 0 bridgehead atoms. The van der Waals surface area contributed by atoms with Crippen molar-refractivity contribution in [1.82, 2.24) is 29.8 Å². The minimum absolute atomic E-state index is 0.206. The van der Waals surface area contributed by atoms with Crippen LogP contribution >= 0.6 is 0 Å². The molecule has 1 aromatic carbocycles. The lowest BCUT2D eigenvalue weighted by molar-refractivity contribution is 0.286.